The molecule has 7 nitrogen and oxygen atoms in total. The van der Waals surface area contributed by atoms with E-state index in [0.717, 1.165) is 5.56 Å². The van der Waals surface area contributed by atoms with Gasteiger partial charge in [0, 0.05) is 24.7 Å². The van der Waals surface area contributed by atoms with Crippen molar-refractivity contribution >= 4 is 33.4 Å². The first-order valence-corrected chi connectivity index (χ1v) is 12.0. The number of hydrogen-bond donors (Lipinski definition) is 2. The van der Waals surface area contributed by atoms with Gasteiger partial charge in [0.25, 0.3) is 0 Å². The molecule has 2 aromatic rings. The van der Waals surface area contributed by atoms with Crippen molar-refractivity contribution in [3.05, 3.63) is 65.2 Å². The van der Waals surface area contributed by atoms with E-state index in [0.29, 0.717) is 31.0 Å². The molecule has 2 amide bonds. The quantitative estimate of drug-likeness (QED) is 0.659. The molecule has 0 spiro atoms. The highest BCUT2D eigenvalue weighted by Gasteiger charge is 2.34. The van der Waals surface area contributed by atoms with Gasteiger partial charge >= 0.3 is 0 Å². The van der Waals surface area contributed by atoms with Gasteiger partial charge in [0.05, 0.1) is 10.8 Å². The Bertz CT molecular complexity index is 1030. The third kappa shape index (κ3) is 6.06. The second-order valence-electron chi connectivity index (χ2n) is 7.59. The predicted molar refractivity (Wildman–Crippen MR) is 119 cm³/mol. The van der Waals surface area contributed by atoms with Crippen molar-refractivity contribution in [3.8, 4) is 0 Å². The minimum atomic E-state index is -3.65. The van der Waals surface area contributed by atoms with Gasteiger partial charge in [-0.2, -0.15) is 4.31 Å². The van der Waals surface area contributed by atoms with E-state index in [1.807, 2.05) is 6.07 Å². The first-order valence-electron chi connectivity index (χ1n) is 10.1. The van der Waals surface area contributed by atoms with E-state index in [1.165, 1.54) is 4.31 Å². The summed E-state index contributed by atoms with van der Waals surface area (Å²) in [4.78, 5) is 25.3. The summed E-state index contributed by atoms with van der Waals surface area (Å²) >= 11 is 5.94. The summed E-state index contributed by atoms with van der Waals surface area (Å²) in [6, 6.07) is 14.6. The number of piperidine rings is 1. The van der Waals surface area contributed by atoms with Crippen LogP contribution in [0, 0.1) is 5.92 Å². The maximum Gasteiger partial charge on any atom is 0.243 e. The maximum atomic E-state index is 12.9. The molecule has 2 aromatic carbocycles. The summed E-state index contributed by atoms with van der Waals surface area (Å²) in [6.45, 7) is 2.37. The van der Waals surface area contributed by atoms with Crippen LogP contribution in [0.2, 0.25) is 5.02 Å². The fourth-order valence-electron chi connectivity index (χ4n) is 3.50. The number of amides is 2. The van der Waals surface area contributed by atoms with Crippen LogP contribution in [0.1, 0.15) is 25.3 Å². The Balaban J connectivity index is 1.55. The summed E-state index contributed by atoms with van der Waals surface area (Å²) in [5.74, 6) is -1.15. The van der Waals surface area contributed by atoms with Crippen LogP contribution in [-0.4, -0.2) is 43.7 Å². The molecule has 1 fully saturated rings. The number of benzene rings is 2. The molecule has 0 unspecified atom stereocenters. The normalized spacial score (nSPS) is 18.2. The molecule has 3 rings (SSSR count). The van der Waals surface area contributed by atoms with Crippen molar-refractivity contribution in [2.45, 2.75) is 37.2 Å². The van der Waals surface area contributed by atoms with Crippen molar-refractivity contribution in [1.82, 2.24) is 14.9 Å². The Labute approximate surface area is 187 Å². The molecule has 1 aliphatic rings. The molecule has 0 radical (unpaired) electrons. The van der Waals surface area contributed by atoms with Crippen LogP contribution in [0.25, 0.3) is 0 Å². The van der Waals surface area contributed by atoms with Crippen LogP contribution in [-0.2, 0) is 26.2 Å². The number of sulfonamides is 1. The minimum absolute atomic E-state index is 0.0971. The predicted octanol–water partition coefficient (Wildman–Crippen LogP) is 2.56. The van der Waals surface area contributed by atoms with Gasteiger partial charge < -0.3 is 10.6 Å². The summed E-state index contributed by atoms with van der Waals surface area (Å²) in [6.07, 6.45) is 1.16. The van der Waals surface area contributed by atoms with E-state index >= 15 is 0 Å². The summed E-state index contributed by atoms with van der Waals surface area (Å²) in [5.41, 5.74) is 0.855. The standard InChI is InChI=1S/C22H26ClN3O4S/c1-16(21(27)24-14-17-7-5-9-19(23)13-17)25-22(28)18-8-6-12-26(15-18)31(29,30)20-10-3-2-4-11-20/h2-5,7,9-11,13,16,18H,6,8,12,14-15H2,1H3,(H,24,27)(H,25,28)/t16-,18+/m1/s1. The Morgan fingerprint density at radius 1 is 1.16 bits per heavy atom. The van der Waals surface area contributed by atoms with Gasteiger partial charge in [0.2, 0.25) is 21.8 Å². The van der Waals surface area contributed by atoms with Crippen molar-refractivity contribution < 1.29 is 18.0 Å². The molecule has 1 aliphatic heterocycles. The third-order valence-corrected chi connectivity index (χ3v) is 7.36. The van der Waals surface area contributed by atoms with Crippen molar-refractivity contribution in [3.63, 3.8) is 0 Å². The molecule has 166 valence electrons. The number of halogens is 1. The van der Waals surface area contributed by atoms with E-state index in [4.69, 9.17) is 11.6 Å². The summed E-state index contributed by atoms with van der Waals surface area (Å²) < 4.78 is 27.0. The van der Waals surface area contributed by atoms with Crippen LogP contribution in [0.3, 0.4) is 0 Å². The zero-order valence-corrected chi connectivity index (χ0v) is 18.8. The van der Waals surface area contributed by atoms with Gasteiger partial charge in [-0.15, -0.1) is 0 Å². The van der Waals surface area contributed by atoms with Gasteiger partial charge in [-0.25, -0.2) is 8.42 Å². The molecular weight excluding hydrogens is 438 g/mol. The smallest absolute Gasteiger partial charge is 0.243 e. The van der Waals surface area contributed by atoms with Crippen molar-refractivity contribution in [1.29, 1.82) is 0 Å². The topological polar surface area (TPSA) is 95.6 Å². The maximum absolute atomic E-state index is 12.9. The number of nitrogens with zero attached hydrogens (tertiary/aromatic N) is 1. The molecule has 2 N–H and O–H groups in total. The average molecular weight is 464 g/mol. The van der Waals surface area contributed by atoms with Gasteiger partial charge in [-0.3, -0.25) is 9.59 Å². The minimum Gasteiger partial charge on any atom is -0.350 e. The molecule has 0 bridgehead atoms. The van der Waals surface area contributed by atoms with Gasteiger partial charge in [0.1, 0.15) is 6.04 Å². The molecule has 0 aromatic heterocycles. The van der Waals surface area contributed by atoms with Crippen LogP contribution in [0.5, 0.6) is 0 Å². The van der Waals surface area contributed by atoms with E-state index in [9.17, 15) is 18.0 Å². The monoisotopic (exact) mass is 463 g/mol. The second kappa shape index (κ2) is 10.3. The lowest BCUT2D eigenvalue weighted by atomic mass is 9.98. The van der Waals surface area contributed by atoms with Crippen LogP contribution >= 0.6 is 11.6 Å². The molecule has 1 heterocycles. The molecule has 9 heteroatoms. The van der Waals surface area contributed by atoms with Crippen molar-refractivity contribution in [2.75, 3.05) is 13.1 Å². The number of carbonyl (C=O) groups is 2. The van der Waals surface area contributed by atoms with E-state index in [1.54, 1.807) is 55.5 Å². The number of rotatable bonds is 7. The molecule has 0 saturated carbocycles. The number of hydrogen-bond acceptors (Lipinski definition) is 4. The highest BCUT2D eigenvalue weighted by atomic mass is 35.5. The van der Waals surface area contributed by atoms with Crippen LogP contribution < -0.4 is 10.6 Å². The first-order chi connectivity index (χ1) is 14.8. The van der Waals surface area contributed by atoms with E-state index < -0.39 is 22.0 Å². The first kappa shape index (κ1) is 23.2. The zero-order valence-electron chi connectivity index (χ0n) is 17.3. The third-order valence-electron chi connectivity index (χ3n) is 5.24. The fourth-order valence-corrected chi connectivity index (χ4v) is 5.26. The van der Waals surface area contributed by atoms with Crippen LogP contribution in [0.15, 0.2) is 59.5 Å². The Kier molecular flexibility index (Phi) is 7.69. The van der Waals surface area contributed by atoms with Gasteiger partial charge in [0.15, 0.2) is 0 Å². The Hall–Kier alpha value is -2.42. The number of carbonyl (C=O) groups excluding carboxylic acids is 2. The molecular formula is C22H26ClN3O4S. The van der Waals surface area contributed by atoms with Gasteiger partial charge in [-0.1, -0.05) is 41.9 Å². The lowest BCUT2D eigenvalue weighted by molar-refractivity contribution is -0.131. The number of nitrogens with one attached hydrogen (secondary N) is 2. The molecule has 0 aliphatic carbocycles. The molecule has 2 atom stereocenters. The van der Waals surface area contributed by atoms with Crippen LogP contribution in [0.4, 0.5) is 0 Å². The summed E-state index contributed by atoms with van der Waals surface area (Å²) in [5, 5.41) is 6.06. The van der Waals surface area contributed by atoms with E-state index in [2.05, 4.69) is 10.6 Å². The van der Waals surface area contributed by atoms with E-state index in [-0.39, 0.29) is 23.3 Å². The summed E-state index contributed by atoms with van der Waals surface area (Å²) in [7, 11) is -3.65. The SMILES string of the molecule is C[C@@H](NC(=O)[C@H]1CCCN(S(=O)(=O)c2ccccc2)C1)C(=O)NCc1cccc(Cl)c1. The van der Waals surface area contributed by atoms with Gasteiger partial charge in [-0.05, 0) is 49.6 Å². The molecule has 31 heavy (non-hydrogen) atoms. The fraction of sp³-hybridized carbons (Fsp3) is 0.364. The highest BCUT2D eigenvalue weighted by molar-refractivity contribution is 7.89. The van der Waals surface area contributed by atoms with Crippen molar-refractivity contribution in [2.24, 2.45) is 5.92 Å². The lowest BCUT2D eigenvalue weighted by Crippen LogP contribution is -2.50. The largest absolute Gasteiger partial charge is 0.350 e. The average Bonchev–Trinajstić information content (AvgIpc) is 2.78. The Morgan fingerprint density at radius 3 is 2.61 bits per heavy atom. The Morgan fingerprint density at radius 2 is 1.90 bits per heavy atom. The lowest BCUT2D eigenvalue weighted by Gasteiger charge is -2.31. The molecule has 1 saturated heterocycles. The second-order valence-corrected chi connectivity index (χ2v) is 9.97. The highest BCUT2D eigenvalue weighted by Crippen LogP contribution is 2.24. The zero-order chi connectivity index (χ0) is 22.4.